The van der Waals surface area contributed by atoms with Crippen molar-refractivity contribution < 1.29 is 37.9 Å². The summed E-state index contributed by atoms with van der Waals surface area (Å²) in [4.78, 5) is 42.7. The molecule has 0 aromatic rings. The minimum atomic E-state index is -4.76. The zero-order valence-electron chi connectivity index (χ0n) is 30.6. The van der Waals surface area contributed by atoms with Crippen molar-refractivity contribution in [1.29, 1.82) is 0 Å². The third-order valence-corrected chi connectivity index (χ3v) is 7.94. The van der Waals surface area contributed by atoms with Crippen LogP contribution in [0, 0.1) is 0 Å². The summed E-state index contributed by atoms with van der Waals surface area (Å²) in [6, 6.07) is 0. The number of hydrogen-bond donors (Lipinski definition) is 2. The molecule has 0 saturated heterocycles. The van der Waals surface area contributed by atoms with Crippen LogP contribution in [-0.2, 0) is 28.2 Å². The predicted molar refractivity (Wildman–Crippen MR) is 202 cm³/mol. The van der Waals surface area contributed by atoms with Crippen LogP contribution in [0.2, 0.25) is 0 Å². The monoisotopic (exact) mass is 706 g/mol. The molecule has 0 aliphatic carbocycles. The molecule has 49 heavy (non-hydrogen) atoms. The van der Waals surface area contributed by atoms with Crippen LogP contribution < -0.4 is 0 Å². The first-order valence-corrected chi connectivity index (χ1v) is 20.3. The average molecular weight is 707 g/mol. The molecule has 0 bridgehead atoms. The van der Waals surface area contributed by atoms with Crippen LogP contribution >= 0.6 is 7.82 Å². The van der Waals surface area contributed by atoms with E-state index in [1.807, 2.05) is 0 Å². The van der Waals surface area contributed by atoms with Crippen molar-refractivity contribution in [3.63, 3.8) is 0 Å². The van der Waals surface area contributed by atoms with E-state index in [9.17, 15) is 14.2 Å². The van der Waals surface area contributed by atoms with Crippen LogP contribution in [0.25, 0.3) is 0 Å². The Hall–Kier alpha value is -2.51. The molecule has 0 heterocycles. The quantitative estimate of drug-likeness (QED) is 0.0299. The molecule has 0 rings (SSSR count). The zero-order chi connectivity index (χ0) is 36.1. The average Bonchev–Trinajstić information content (AvgIpc) is 3.07. The third-order valence-electron chi connectivity index (χ3n) is 7.46. The highest BCUT2D eigenvalue weighted by Gasteiger charge is 2.22. The van der Waals surface area contributed by atoms with Gasteiger partial charge in [0.1, 0.15) is 6.61 Å². The summed E-state index contributed by atoms with van der Waals surface area (Å²) in [5.74, 6) is -0.937. The number of rotatable bonds is 33. The van der Waals surface area contributed by atoms with Crippen molar-refractivity contribution in [1.82, 2.24) is 0 Å². The van der Waals surface area contributed by atoms with Gasteiger partial charge in [-0.3, -0.25) is 14.1 Å². The smallest absolute Gasteiger partial charge is 0.462 e. The van der Waals surface area contributed by atoms with E-state index in [2.05, 4.69) is 91.3 Å². The molecule has 0 amide bonds. The normalized spacial score (nSPS) is 13.3. The maximum Gasteiger partial charge on any atom is 0.469 e. The van der Waals surface area contributed by atoms with E-state index < -0.39 is 32.5 Å². The van der Waals surface area contributed by atoms with E-state index in [0.29, 0.717) is 12.8 Å². The van der Waals surface area contributed by atoms with E-state index in [-0.39, 0.29) is 19.4 Å². The minimum absolute atomic E-state index is 0.177. The molecule has 0 fully saturated rings. The fraction of sp³-hybridized carbons (Fsp3) is 0.650. The van der Waals surface area contributed by atoms with Crippen molar-refractivity contribution in [3.8, 4) is 0 Å². The number of allylic oxidation sites excluding steroid dienone is 12. The summed E-state index contributed by atoms with van der Waals surface area (Å²) in [6.07, 6.45) is 44.7. The minimum Gasteiger partial charge on any atom is -0.462 e. The van der Waals surface area contributed by atoms with Gasteiger partial charge < -0.3 is 19.3 Å². The van der Waals surface area contributed by atoms with Gasteiger partial charge in [-0.05, 0) is 77.0 Å². The lowest BCUT2D eigenvalue weighted by atomic mass is 10.1. The first kappa shape index (κ1) is 46.5. The number of carbonyl (C=O) groups is 2. The predicted octanol–water partition coefficient (Wildman–Crippen LogP) is 11.1. The van der Waals surface area contributed by atoms with Crippen LogP contribution in [0.4, 0.5) is 0 Å². The van der Waals surface area contributed by atoms with Gasteiger partial charge in [0.15, 0.2) is 6.10 Å². The standard InChI is InChI=1S/C40H67O8P/c1-3-5-7-9-11-13-15-17-19-20-21-23-25-27-29-31-33-35-40(42)48-38(37-47-49(43,44)45)36-46-39(41)34-32-30-28-26-24-22-18-16-14-12-10-8-6-4-2/h5,7,10-13,16-19,21,23,38H,3-4,6,8-9,14-15,20,22,24-37H2,1-2H3,(H2,43,44,45)/b7-5-,12-10-,13-11-,18-16-,19-17-,23-21-. The molecule has 8 nitrogen and oxygen atoms in total. The SMILES string of the molecule is CC/C=C\C/C=C\C/C=C\C/C=C\CCCCCCC(=O)OC(COC(=O)CCCCCCC/C=C\C/C=C\CCCC)COP(=O)(O)O. The van der Waals surface area contributed by atoms with Gasteiger partial charge in [0.25, 0.3) is 0 Å². The largest absolute Gasteiger partial charge is 0.469 e. The van der Waals surface area contributed by atoms with Gasteiger partial charge >= 0.3 is 19.8 Å². The fourth-order valence-electron chi connectivity index (χ4n) is 4.67. The lowest BCUT2D eigenvalue weighted by Crippen LogP contribution is -2.29. The van der Waals surface area contributed by atoms with Crippen molar-refractivity contribution in [2.75, 3.05) is 13.2 Å². The Morgan fingerprint density at radius 2 is 0.980 bits per heavy atom. The number of unbranched alkanes of at least 4 members (excludes halogenated alkanes) is 11. The second-order valence-electron chi connectivity index (χ2n) is 12.2. The maximum atomic E-state index is 12.4. The van der Waals surface area contributed by atoms with Gasteiger partial charge in [-0.2, -0.15) is 0 Å². The molecule has 280 valence electrons. The molecule has 0 aliphatic heterocycles. The molecule has 0 spiro atoms. The van der Waals surface area contributed by atoms with E-state index in [0.717, 1.165) is 96.3 Å². The molecule has 0 aromatic carbocycles. The maximum absolute atomic E-state index is 12.4. The Morgan fingerprint density at radius 1 is 0.551 bits per heavy atom. The molecule has 0 aromatic heterocycles. The van der Waals surface area contributed by atoms with Gasteiger partial charge in [0.2, 0.25) is 0 Å². The number of esters is 2. The molecule has 0 aliphatic rings. The molecular weight excluding hydrogens is 639 g/mol. The summed E-state index contributed by atoms with van der Waals surface area (Å²) in [7, 11) is -4.76. The Labute approximate surface area is 298 Å². The van der Waals surface area contributed by atoms with Crippen molar-refractivity contribution >= 4 is 19.8 Å². The Balaban J connectivity index is 4.07. The molecule has 0 saturated carbocycles. The molecule has 0 radical (unpaired) electrons. The molecule has 1 atom stereocenters. The van der Waals surface area contributed by atoms with Gasteiger partial charge in [0, 0.05) is 12.8 Å². The first-order valence-electron chi connectivity index (χ1n) is 18.7. The fourth-order valence-corrected chi connectivity index (χ4v) is 5.03. The Morgan fingerprint density at radius 3 is 1.47 bits per heavy atom. The number of carbonyl (C=O) groups excluding carboxylic acids is 2. The van der Waals surface area contributed by atoms with E-state index in [1.165, 1.54) is 12.8 Å². The first-order chi connectivity index (χ1) is 23.8. The van der Waals surface area contributed by atoms with Crippen LogP contribution in [0.15, 0.2) is 72.9 Å². The van der Waals surface area contributed by atoms with Crippen LogP contribution in [0.5, 0.6) is 0 Å². The number of hydrogen-bond acceptors (Lipinski definition) is 6. The van der Waals surface area contributed by atoms with Crippen molar-refractivity contribution in [3.05, 3.63) is 72.9 Å². The summed E-state index contributed by atoms with van der Waals surface area (Å²) in [5, 5.41) is 0. The van der Waals surface area contributed by atoms with Crippen molar-refractivity contribution in [2.45, 2.75) is 155 Å². The molecular formula is C40H67O8P. The number of phosphoric acid groups is 1. The molecule has 1 unspecified atom stereocenters. The van der Waals surface area contributed by atoms with Gasteiger partial charge in [0.05, 0.1) is 6.61 Å². The topological polar surface area (TPSA) is 119 Å². The van der Waals surface area contributed by atoms with Gasteiger partial charge in [-0.15, -0.1) is 0 Å². The zero-order valence-corrected chi connectivity index (χ0v) is 31.5. The second kappa shape index (κ2) is 35.3. The Bertz CT molecular complexity index is 1020. The summed E-state index contributed by atoms with van der Waals surface area (Å²) in [6.45, 7) is 3.47. The van der Waals surface area contributed by atoms with E-state index in [4.69, 9.17) is 19.3 Å². The lowest BCUT2D eigenvalue weighted by molar-refractivity contribution is -0.161. The highest BCUT2D eigenvalue weighted by molar-refractivity contribution is 7.46. The van der Waals surface area contributed by atoms with E-state index >= 15 is 0 Å². The third kappa shape index (κ3) is 38.1. The molecule has 2 N–H and O–H groups in total. The van der Waals surface area contributed by atoms with E-state index in [1.54, 1.807) is 0 Å². The second-order valence-corrected chi connectivity index (χ2v) is 13.4. The highest BCUT2D eigenvalue weighted by atomic mass is 31.2. The number of phosphoric ester groups is 1. The van der Waals surface area contributed by atoms with Crippen molar-refractivity contribution in [2.24, 2.45) is 0 Å². The van der Waals surface area contributed by atoms with Crippen LogP contribution in [-0.4, -0.2) is 41.0 Å². The van der Waals surface area contributed by atoms with Gasteiger partial charge in [-0.25, -0.2) is 4.57 Å². The summed E-state index contributed by atoms with van der Waals surface area (Å²) < 4.78 is 26.3. The molecule has 9 heteroatoms. The van der Waals surface area contributed by atoms with Gasteiger partial charge in [-0.1, -0.05) is 132 Å². The summed E-state index contributed by atoms with van der Waals surface area (Å²) >= 11 is 0. The van der Waals surface area contributed by atoms with Crippen LogP contribution in [0.3, 0.4) is 0 Å². The number of ether oxygens (including phenoxy) is 2. The Kier molecular flexibility index (Phi) is 33.5. The lowest BCUT2D eigenvalue weighted by Gasteiger charge is -2.18. The highest BCUT2D eigenvalue weighted by Crippen LogP contribution is 2.36. The van der Waals surface area contributed by atoms with Crippen LogP contribution in [0.1, 0.15) is 149 Å². The summed E-state index contributed by atoms with van der Waals surface area (Å²) in [5.41, 5.74) is 0.